The first kappa shape index (κ1) is 23.1. The maximum absolute atomic E-state index is 13.6. The molecule has 0 fully saturated rings. The molecule has 8 heteroatoms. The number of thioether (sulfide) groups is 1. The number of benzene rings is 3. The van der Waals surface area contributed by atoms with Gasteiger partial charge in [-0.15, -0.1) is 10.2 Å². The van der Waals surface area contributed by atoms with Gasteiger partial charge in [-0.05, 0) is 68.3 Å². The van der Waals surface area contributed by atoms with Gasteiger partial charge in [-0.25, -0.2) is 8.78 Å². The molecule has 0 saturated carbocycles. The number of aryl methyl sites for hydroxylation is 2. The van der Waals surface area contributed by atoms with Crippen molar-refractivity contribution in [3.63, 3.8) is 0 Å². The van der Waals surface area contributed by atoms with Crippen molar-refractivity contribution in [2.75, 3.05) is 0 Å². The highest BCUT2D eigenvalue weighted by Gasteiger charge is 2.24. The predicted molar refractivity (Wildman–Crippen MR) is 127 cm³/mol. The van der Waals surface area contributed by atoms with Gasteiger partial charge in [0.1, 0.15) is 0 Å². The van der Waals surface area contributed by atoms with Crippen molar-refractivity contribution in [2.24, 2.45) is 0 Å². The molecule has 0 aliphatic heterocycles. The molecule has 1 aromatic heterocycles. The average molecular weight is 484 g/mol. The lowest BCUT2D eigenvalue weighted by atomic mass is 10.1. The predicted octanol–water partition coefficient (Wildman–Crippen LogP) is 6.85. The van der Waals surface area contributed by atoms with E-state index in [1.54, 1.807) is 19.1 Å². The van der Waals surface area contributed by atoms with E-state index in [1.807, 2.05) is 48.7 Å². The highest BCUT2D eigenvalue weighted by atomic mass is 35.5. The van der Waals surface area contributed by atoms with Crippen LogP contribution in [0.25, 0.3) is 17.1 Å². The summed E-state index contributed by atoms with van der Waals surface area (Å²) in [5.41, 5.74) is 3.82. The molecule has 0 aliphatic rings. The van der Waals surface area contributed by atoms with Crippen LogP contribution < -0.4 is 0 Å². The summed E-state index contributed by atoms with van der Waals surface area (Å²) in [4.78, 5) is 12.9. The highest BCUT2D eigenvalue weighted by Crippen LogP contribution is 2.33. The van der Waals surface area contributed by atoms with Crippen molar-refractivity contribution in [3.8, 4) is 17.1 Å². The van der Waals surface area contributed by atoms with Crippen LogP contribution in [0.1, 0.15) is 28.4 Å². The minimum atomic E-state index is -1.06. The van der Waals surface area contributed by atoms with E-state index in [0.29, 0.717) is 16.0 Å². The van der Waals surface area contributed by atoms with Crippen molar-refractivity contribution in [1.29, 1.82) is 0 Å². The molecular formula is C25H20ClF2N3OS. The van der Waals surface area contributed by atoms with Crippen LogP contribution in [0, 0.1) is 25.5 Å². The lowest BCUT2D eigenvalue weighted by Gasteiger charge is -2.16. The SMILES string of the molecule is Cc1ccc(C)c(-n2c(S[C@H](C)C(=O)c3ccc(F)c(F)c3)nnc2-c2cccc(Cl)c2)c1. The monoisotopic (exact) mass is 483 g/mol. The first-order chi connectivity index (χ1) is 15.7. The van der Waals surface area contributed by atoms with E-state index in [-0.39, 0.29) is 11.3 Å². The molecule has 1 heterocycles. The van der Waals surface area contributed by atoms with Gasteiger partial charge in [0.25, 0.3) is 0 Å². The van der Waals surface area contributed by atoms with Crippen molar-refractivity contribution in [2.45, 2.75) is 31.2 Å². The van der Waals surface area contributed by atoms with Crippen molar-refractivity contribution in [1.82, 2.24) is 14.8 Å². The van der Waals surface area contributed by atoms with Gasteiger partial charge in [0.15, 0.2) is 28.4 Å². The number of hydrogen-bond donors (Lipinski definition) is 0. The minimum Gasteiger partial charge on any atom is -0.293 e. The standard InChI is InChI=1S/C25H20ClF2N3OS/c1-14-7-8-15(2)22(11-14)31-24(18-5-4-6-19(26)12-18)29-30-25(31)33-16(3)23(32)17-9-10-20(27)21(28)13-17/h4-13,16H,1-3H3/t16-/m1/s1. The third-order valence-corrected chi connectivity index (χ3v) is 6.46. The van der Waals surface area contributed by atoms with Gasteiger partial charge in [-0.1, -0.05) is 47.6 Å². The van der Waals surface area contributed by atoms with Gasteiger partial charge in [0, 0.05) is 16.1 Å². The van der Waals surface area contributed by atoms with E-state index in [9.17, 15) is 13.6 Å². The van der Waals surface area contributed by atoms with E-state index < -0.39 is 16.9 Å². The number of Topliss-reactive ketones (excluding diaryl/α,β-unsaturated/α-hetero) is 1. The quantitative estimate of drug-likeness (QED) is 0.222. The van der Waals surface area contributed by atoms with Gasteiger partial charge in [-0.2, -0.15) is 0 Å². The van der Waals surface area contributed by atoms with Crippen molar-refractivity contribution >= 4 is 29.1 Å². The fourth-order valence-corrected chi connectivity index (χ4v) is 4.56. The summed E-state index contributed by atoms with van der Waals surface area (Å²) < 4.78 is 28.8. The molecule has 1 atom stereocenters. The zero-order valence-electron chi connectivity index (χ0n) is 18.1. The number of hydrogen-bond acceptors (Lipinski definition) is 4. The van der Waals surface area contributed by atoms with Crippen LogP contribution in [-0.4, -0.2) is 25.8 Å². The van der Waals surface area contributed by atoms with Crippen LogP contribution in [0.3, 0.4) is 0 Å². The Hall–Kier alpha value is -3.03. The second kappa shape index (κ2) is 9.45. The second-order valence-corrected chi connectivity index (χ2v) is 9.44. The molecule has 168 valence electrons. The Morgan fingerprint density at radius 1 is 1.00 bits per heavy atom. The Labute approximate surface area is 199 Å². The summed E-state index contributed by atoms with van der Waals surface area (Å²) >= 11 is 7.41. The first-order valence-corrected chi connectivity index (χ1v) is 11.5. The number of carbonyl (C=O) groups is 1. The maximum atomic E-state index is 13.6. The van der Waals surface area contributed by atoms with E-state index in [2.05, 4.69) is 10.2 Å². The topological polar surface area (TPSA) is 47.8 Å². The second-order valence-electron chi connectivity index (χ2n) is 7.70. The first-order valence-electron chi connectivity index (χ1n) is 10.2. The normalized spacial score (nSPS) is 12.1. The number of nitrogens with zero attached hydrogens (tertiary/aromatic N) is 3. The summed E-state index contributed by atoms with van der Waals surface area (Å²) in [5, 5.41) is 9.22. The van der Waals surface area contributed by atoms with Crippen molar-refractivity contribution in [3.05, 3.63) is 94.0 Å². The summed E-state index contributed by atoms with van der Waals surface area (Å²) in [6.07, 6.45) is 0. The van der Waals surface area contributed by atoms with E-state index >= 15 is 0 Å². The van der Waals surface area contributed by atoms with Gasteiger partial charge in [0.2, 0.25) is 0 Å². The molecular weight excluding hydrogens is 464 g/mol. The van der Waals surface area contributed by atoms with Crippen LogP contribution in [-0.2, 0) is 0 Å². The average Bonchev–Trinajstić information content (AvgIpc) is 3.20. The fourth-order valence-electron chi connectivity index (χ4n) is 3.43. The fraction of sp³-hybridized carbons (Fsp3) is 0.160. The molecule has 0 saturated heterocycles. The third kappa shape index (κ3) is 4.84. The molecule has 0 bridgehead atoms. The number of rotatable bonds is 6. The minimum absolute atomic E-state index is 0.0989. The van der Waals surface area contributed by atoms with Crippen LogP contribution in [0.5, 0.6) is 0 Å². The van der Waals surface area contributed by atoms with E-state index in [1.165, 1.54) is 17.8 Å². The molecule has 0 N–H and O–H groups in total. The summed E-state index contributed by atoms with van der Waals surface area (Å²) in [7, 11) is 0. The number of ketones is 1. The van der Waals surface area contributed by atoms with E-state index in [4.69, 9.17) is 11.6 Å². The molecule has 3 aromatic carbocycles. The molecule has 4 rings (SSSR count). The lowest BCUT2D eigenvalue weighted by Crippen LogP contribution is -2.15. The van der Waals surface area contributed by atoms with Crippen LogP contribution in [0.2, 0.25) is 5.02 Å². The van der Waals surface area contributed by atoms with Crippen LogP contribution in [0.15, 0.2) is 65.8 Å². The number of carbonyl (C=O) groups excluding carboxylic acids is 1. The third-order valence-electron chi connectivity index (χ3n) is 5.18. The van der Waals surface area contributed by atoms with Gasteiger partial charge in [0.05, 0.1) is 10.9 Å². The Morgan fingerprint density at radius 2 is 1.79 bits per heavy atom. The Morgan fingerprint density at radius 3 is 2.52 bits per heavy atom. The summed E-state index contributed by atoms with van der Waals surface area (Å²) in [6.45, 7) is 5.69. The van der Waals surface area contributed by atoms with Gasteiger partial charge < -0.3 is 0 Å². The zero-order valence-corrected chi connectivity index (χ0v) is 19.7. The molecule has 33 heavy (non-hydrogen) atoms. The molecule has 0 spiro atoms. The molecule has 0 aliphatic carbocycles. The Balaban J connectivity index is 1.77. The van der Waals surface area contributed by atoms with Crippen molar-refractivity contribution < 1.29 is 13.6 Å². The summed E-state index contributed by atoms with van der Waals surface area (Å²) in [6, 6.07) is 16.5. The van der Waals surface area contributed by atoms with E-state index in [0.717, 1.165) is 34.5 Å². The molecule has 0 radical (unpaired) electrons. The lowest BCUT2D eigenvalue weighted by molar-refractivity contribution is 0.0993. The molecule has 4 nitrogen and oxygen atoms in total. The van der Waals surface area contributed by atoms with Crippen LogP contribution in [0.4, 0.5) is 8.78 Å². The molecule has 0 unspecified atom stereocenters. The van der Waals surface area contributed by atoms with Crippen LogP contribution >= 0.6 is 23.4 Å². The smallest absolute Gasteiger partial charge is 0.196 e. The Kier molecular flexibility index (Phi) is 6.63. The maximum Gasteiger partial charge on any atom is 0.196 e. The molecule has 4 aromatic rings. The Bertz CT molecular complexity index is 1360. The highest BCUT2D eigenvalue weighted by molar-refractivity contribution is 8.00. The summed E-state index contributed by atoms with van der Waals surface area (Å²) in [5.74, 6) is -1.80. The van der Waals surface area contributed by atoms with Gasteiger partial charge >= 0.3 is 0 Å². The zero-order chi connectivity index (χ0) is 23.7. The number of aromatic nitrogens is 3. The molecule has 0 amide bonds. The largest absolute Gasteiger partial charge is 0.293 e. The van der Waals surface area contributed by atoms with Gasteiger partial charge in [-0.3, -0.25) is 9.36 Å². The number of halogens is 3.